The Bertz CT molecular complexity index is 161. The summed E-state index contributed by atoms with van der Waals surface area (Å²) in [5.74, 6) is -0.177. The quantitative estimate of drug-likeness (QED) is 0.276. The van der Waals surface area contributed by atoms with E-state index in [9.17, 15) is 4.79 Å². The third-order valence-electron chi connectivity index (χ3n) is 1.72. The van der Waals surface area contributed by atoms with Crippen LogP contribution in [0, 0.1) is 0 Å². The summed E-state index contributed by atoms with van der Waals surface area (Å²) in [4.78, 5) is 11.2. The molecule has 2 N–H and O–H groups in total. The summed E-state index contributed by atoms with van der Waals surface area (Å²) in [6, 6.07) is 0. The van der Waals surface area contributed by atoms with E-state index in [4.69, 9.17) is 4.74 Å². The van der Waals surface area contributed by atoms with Crippen molar-refractivity contribution in [3.8, 4) is 0 Å². The van der Waals surface area contributed by atoms with E-state index in [2.05, 4.69) is 51.2 Å². The van der Waals surface area contributed by atoms with Gasteiger partial charge in [-0.3, -0.25) is 4.79 Å². The van der Waals surface area contributed by atoms with Crippen molar-refractivity contribution in [3.63, 3.8) is 0 Å². The maximum atomic E-state index is 11.2. The standard InChI is InChI=1S/C10H19BrO2.H2O.H2Se2/c1-4-5-6-7-8-13-9(12)10(2,3)11;;1-2/h4-8H2,1-3H3;1H2;1-2H. The molecule has 3 nitrogen and oxygen atoms in total. The van der Waals surface area contributed by atoms with Crippen molar-refractivity contribution in [2.45, 2.75) is 50.8 Å². The fraction of sp³-hybridized carbons (Fsp3) is 0.900. The first-order valence-electron chi connectivity index (χ1n) is 5.04. The van der Waals surface area contributed by atoms with Gasteiger partial charge in [0.1, 0.15) is 4.32 Å². The zero-order valence-corrected chi connectivity index (χ0v) is 15.5. The average molecular weight is 429 g/mol. The molecular weight excluding hydrogens is 406 g/mol. The van der Waals surface area contributed by atoms with E-state index in [1.165, 1.54) is 12.8 Å². The van der Waals surface area contributed by atoms with E-state index in [1.807, 2.05) is 0 Å². The van der Waals surface area contributed by atoms with Gasteiger partial charge < -0.3 is 10.2 Å². The molecule has 0 amide bonds. The molecule has 0 unspecified atom stereocenters. The number of alkyl halides is 1. The molecule has 0 aromatic rings. The number of ether oxygens (including phenoxy) is 1. The van der Waals surface area contributed by atoms with E-state index >= 15 is 0 Å². The Balaban J connectivity index is -0.000000529. The first-order chi connectivity index (χ1) is 6.98. The van der Waals surface area contributed by atoms with Crippen molar-refractivity contribution in [2.24, 2.45) is 0 Å². The number of unbranched alkanes of at least 4 members (excludes halogenated alkanes) is 3. The van der Waals surface area contributed by atoms with Crippen LogP contribution in [0.4, 0.5) is 0 Å². The topological polar surface area (TPSA) is 57.8 Å². The van der Waals surface area contributed by atoms with E-state index in [0.717, 1.165) is 12.8 Å². The van der Waals surface area contributed by atoms with Crippen molar-refractivity contribution in [1.29, 1.82) is 0 Å². The van der Waals surface area contributed by atoms with Crippen molar-refractivity contribution < 1.29 is 15.0 Å². The molecule has 0 saturated carbocycles. The van der Waals surface area contributed by atoms with Gasteiger partial charge in [-0.2, -0.15) is 0 Å². The van der Waals surface area contributed by atoms with Crippen LogP contribution >= 0.6 is 15.9 Å². The molecule has 0 bridgehead atoms. The second-order valence-electron chi connectivity index (χ2n) is 3.67. The van der Waals surface area contributed by atoms with Crippen LogP contribution in [0.1, 0.15) is 46.5 Å². The zero-order chi connectivity index (χ0) is 12.3. The Hall–Kier alpha value is 0.949. The van der Waals surface area contributed by atoms with E-state index < -0.39 is 4.32 Å². The molecule has 0 heterocycles. The van der Waals surface area contributed by atoms with Gasteiger partial charge >= 0.3 is 34.3 Å². The second-order valence-corrected chi connectivity index (χ2v) is 5.65. The summed E-state index contributed by atoms with van der Waals surface area (Å²) in [5, 5.41) is 0. The number of halogens is 1. The normalized spacial score (nSPS) is 9.62. The van der Waals surface area contributed by atoms with Gasteiger partial charge in [-0.15, -0.1) is 0 Å². The Kier molecular flexibility index (Phi) is 19.4. The third kappa shape index (κ3) is 14.9. The Labute approximate surface area is 122 Å². The van der Waals surface area contributed by atoms with E-state index in [0.29, 0.717) is 6.61 Å². The van der Waals surface area contributed by atoms with Gasteiger partial charge in [0.2, 0.25) is 0 Å². The van der Waals surface area contributed by atoms with Gasteiger partial charge in [-0.1, -0.05) is 42.1 Å². The molecule has 100 valence electrons. The SMILES string of the molecule is CCCCCCOC(=O)C(C)(C)Br.O.[SeH][SeH]. The van der Waals surface area contributed by atoms with Crippen LogP contribution in [0.15, 0.2) is 0 Å². The third-order valence-corrected chi connectivity index (χ3v) is 2.04. The molecule has 0 rings (SSSR count). The number of hydrogen-bond donors (Lipinski definition) is 0. The number of carbonyl (C=O) groups excluding carboxylic acids is 1. The van der Waals surface area contributed by atoms with Gasteiger partial charge in [0.15, 0.2) is 0 Å². The molecule has 0 radical (unpaired) electrons. The molecule has 0 aromatic heterocycles. The summed E-state index contributed by atoms with van der Waals surface area (Å²) in [5.41, 5.74) is 0. The molecule has 0 atom stereocenters. The zero-order valence-electron chi connectivity index (χ0n) is 10.1. The number of rotatable bonds is 6. The van der Waals surface area contributed by atoms with Gasteiger partial charge in [0.25, 0.3) is 0 Å². The molecule has 0 spiro atoms. The molecule has 0 aromatic carbocycles. The summed E-state index contributed by atoms with van der Waals surface area (Å²) in [6.45, 7) is 6.30. The van der Waals surface area contributed by atoms with E-state index in [1.54, 1.807) is 13.8 Å². The number of esters is 1. The Morgan fingerprint density at radius 1 is 1.25 bits per heavy atom. The molecule has 0 aliphatic heterocycles. The van der Waals surface area contributed by atoms with Crippen molar-refractivity contribution >= 4 is 50.3 Å². The fourth-order valence-electron chi connectivity index (χ4n) is 0.865. The van der Waals surface area contributed by atoms with Gasteiger partial charge in [-0.25, -0.2) is 0 Å². The fourth-order valence-corrected chi connectivity index (χ4v) is 0.980. The van der Waals surface area contributed by atoms with Crippen LogP contribution in [0.5, 0.6) is 0 Å². The predicted octanol–water partition coefficient (Wildman–Crippen LogP) is 1.16. The van der Waals surface area contributed by atoms with Crippen molar-refractivity contribution in [1.82, 2.24) is 0 Å². The molecule has 0 saturated heterocycles. The monoisotopic (exact) mass is 430 g/mol. The van der Waals surface area contributed by atoms with Crippen molar-refractivity contribution in [3.05, 3.63) is 0 Å². The molecule has 0 fully saturated rings. The van der Waals surface area contributed by atoms with Crippen LogP contribution in [-0.4, -0.2) is 50.8 Å². The minimum absolute atomic E-state index is 0. The van der Waals surface area contributed by atoms with Gasteiger partial charge in [0, 0.05) is 0 Å². The molecular formula is C10H23BrO3Se2. The number of hydrogen-bond acceptors (Lipinski definition) is 2. The van der Waals surface area contributed by atoms with Gasteiger partial charge in [0.05, 0.1) is 6.61 Å². The predicted molar refractivity (Wildman–Crippen MR) is 76.0 cm³/mol. The Morgan fingerprint density at radius 3 is 2.12 bits per heavy atom. The van der Waals surface area contributed by atoms with E-state index in [-0.39, 0.29) is 11.4 Å². The van der Waals surface area contributed by atoms with Crippen LogP contribution in [0.25, 0.3) is 0 Å². The molecule has 0 aliphatic carbocycles. The first-order valence-corrected chi connectivity index (χ1v) is 11.0. The minimum atomic E-state index is -0.544. The summed E-state index contributed by atoms with van der Waals surface area (Å²) < 4.78 is 4.52. The number of carbonyl (C=O) groups is 1. The van der Waals surface area contributed by atoms with Crippen LogP contribution in [0.2, 0.25) is 0 Å². The van der Waals surface area contributed by atoms with Crippen LogP contribution in [-0.2, 0) is 9.53 Å². The molecule has 6 heteroatoms. The average Bonchev–Trinajstić information content (AvgIpc) is 2.19. The summed E-state index contributed by atoms with van der Waals surface area (Å²) in [7, 11) is 0. The maximum absolute atomic E-state index is 11.2. The Morgan fingerprint density at radius 2 is 1.75 bits per heavy atom. The summed E-state index contributed by atoms with van der Waals surface area (Å²) in [6.07, 6.45) is 4.54. The second kappa shape index (κ2) is 14.0. The van der Waals surface area contributed by atoms with Crippen LogP contribution < -0.4 is 0 Å². The molecule has 0 aliphatic rings. The first kappa shape index (κ1) is 22.2. The van der Waals surface area contributed by atoms with Gasteiger partial charge in [-0.05, 0) is 20.3 Å². The van der Waals surface area contributed by atoms with Crippen molar-refractivity contribution in [2.75, 3.05) is 6.61 Å². The molecule has 16 heavy (non-hydrogen) atoms. The summed E-state index contributed by atoms with van der Waals surface area (Å²) >= 11 is 7.75. The van der Waals surface area contributed by atoms with Crippen LogP contribution in [0.3, 0.4) is 0 Å².